The molecule has 0 fully saturated rings. The molecule has 0 unspecified atom stereocenters. The number of anilines is 2. The smallest absolute Gasteiger partial charge is 0.224 e. The van der Waals surface area contributed by atoms with Crippen LogP contribution < -0.4 is 10.2 Å². The van der Waals surface area contributed by atoms with E-state index in [9.17, 15) is 4.79 Å². The Morgan fingerprint density at radius 3 is 2.58 bits per heavy atom. The molecule has 3 rings (SSSR count). The Morgan fingerprint density at radius 2 is 1.96 bits per heavy atom. The van der Waals surface area contributed by atoms with Crippen molar-refractivity contribution in [3.05, 3.63) is 59.2 Å². The molecule has 1 N–H and O–H groups in total. The van der Waals surface area contributed by atoms with E-state index in [0.717, 1.165) is 28.9 Å². The fraction of sp³-hybridized carbons (Fsp3) is 0.300. The molecule has 0 aliphatic carbocycles. The van der Waals surface area contributed by atoms with Crippen LogP contribution in [-0.4, -0.2) is 11.9 Å². The summed E-state index contributed by atoms with van der Waals surface area (Å²) in [6, 6.07) is 16.1. The van der Waals surface area contributed by atoms with Gasteiger partial charge in [0.15, 0.2) is 0 Å². The van der Waals surface area contributed by atoms with Crippen molar-refractivity contribution in [2.75, 3.05) is 10.2 Å². The minimum absolute atomic E-state index is 0.0786. The summed E-state index contributed by atoms with van der Waals surface area (Å²) < 4.78 is 0. The third kappa shape index (κ3) is 2.85. The van der Waals surface area contributed by atoms with Crippen LogP contribution in [0.2, 0.25) is 0 Å². The summed E-state index contributed by atoms with van der Waals surface area (Å²) in [6.07, 6.45) is 0.843. The average molecular weight is 319 g/mol. The van der Waals surface area contributed by atoms with Crippen LogP contribution in [0.25, 0.3) is 0 Å². The molecule has 4 nitrogen and oxygen atoms in total. The maximum Gasteiger partial charge on any atom is 0.224 e. The van der Waals surface area contributed by atoms with E-state index in [2.05, 4.69) is 24.4 Å². The van der Waals surface area contributed by atoms with Gasteiger partial charge in [-0.05, 0) is 55.7 Å². The molecular formula is C20H21N3O. The maximum atomic E-state index is 12.1. The van der Waals surface area contributed by atoms with Gasteiger partial charge in [0.25, 0.3) is 0 Å². The molecule has 122 valence electrons. The average Bonchev–Trinajstić information content (AvgIpc) is 2.56. The first-order valence-corrected chi connectivity index (χ1v) is 8.17. The third-order valence-electron chi connectivity index (χ3n) is 4.60. The Kier molecular flexibility index (Phi) is 4.26. The molecule has 24 heavy (non-hydrogen) atoms. The Balaban J connectivity index is 1.97. The zero-order chi connectivity index (χ0) is 17.3. The molecule has 2 atom stereocenters. The van der Waals surface area contributed by atoms with Crippen LogP contribution in [-0.2, 0) is 4.79 Å². The van der Waals surface area contributed by atoms with Gasteiger partial charge < -0.3 is 10.2 Å². The highest BCUT2D eigenvalue weighted by molar-refractivity contribution is 5.94. The van der Waals surface area contributed by atoms with Gasteiger partial charge in [-0.25, -0.2) is 0 Å². The topological polar surface area (TPSA) is 56.1 Å². The molecule has 0 saturated carbocycles. The van der Waals surface area contributed by atoms with Gasteiger partial charge in [0, 0.05) is 18.7 Å². The van der Waals surface area contributed by atoms with E-state index in [1.807, 2.05) is 48.2 Å². The molecule has 1 aliphatic rings. The van der Waals surface area contributed by atoms with Crippen LogP contribution >= 0.6 is 0 Å². The first-order chi connectivity index (χ1) is 11.5. The van der Waals surface area contributed by atoms with Crippen molar-refractivity contribution in [1.29, 1.82) is 5.26 Å². The van der Waals surface area contributed by atoms with Crippen LogP contribution in [0.15, 0.2) is 42.5 Å². The minimum atomic E-state index is 0.0786. The number of aryl methyl sites for hydroxylation is 1. The number of amides is 1. The van der Waals surface area contributed by atoms with E-state index in [4.69, 9.17) is 5.26 Å². The quantitative estimate of drug-likeness (QED) is 0.904. The summed E-state index contributed by atoms with van der Waals surface area (Å²) in [5.74, 6) is 0.0786. The number of carbonyl (C=O) groups is 1. The molecule has 0 saturated heterocycles. The number of nitriles is 1. The van der Waals surface area contributed by atoms with Crippen LogP contribution in [0, 0.1) is 18.3 Å². The molecule has 0 aromatic heterocycles. The molecule has 0 bridgehead atoms. The monoisotopic (exact) mass is 319 g/mol. The summed E-state index contributed by atoms with van der Waals surface area (Å²) in [5.41, 5.74) is 4.91. The molecule has 1 aliphatic heterocycles. The van der Waals surface area contributed by atoms with Crippen molar-refractivity contribution < 1.29 is 4.79 Å². The number of fused-ring (bicyclic) bond motifs is 1. The zero-order valence-electron chi connectivity index (χ0n) is 14.2. The third-order valence-corrected chi connectivity index (χ3v) is 4.60. The number of nitrogens with one attached hydrogen (secondary N) is 1. The highest BCUT2D eigenvalue weighted by Crippen LogP contribution is 2.40. The van der Waals surface area contributed by atoms with E-state index in [1.54, 1.807) is 6.92 Å². The van der Waals surface area contributed by atoms with Crippen molar-refractivity contribution >= 4 is 17.3 Å². The number of hydrogen-bond acceptors (Lipinski definition) is 3. The van der Waals surface area contributed by atoms with Gasteiger partial charge in [-0.1, -0.05) is 18.2 Å². The number of rotatable bonds is 2. The van der Waals surface area contributed by atoms with Gasteiger partial charge in [0.2, 0.25) is 5.91 Å². The molecular weight excluding hydrogens is 298 g/mol. The van der Waals surface area contributed by atoms with E-state index >= 15 is 0 Å². The second-order valence-electron chi connectivity index (χ2n) is 6.37. The fourth-order valence-corrected chi connectivity index (χ4v) is 3.53. The molecule has 0 radical (unpaired) electrons. The fourth-order valence-electron chi connectivity index (χ4n) is 3.53. The van der Waals surface area contributed by atoms with Crippen LogP contribution in [0.1, 0.15) is 43.0 Å². The highest BCUT2D eigenvalue weighted by atomic mass is 16.2. The van der Waals surface area contributed by atoms with Crippen LogP contribution in [0.4, 0.5) is 11.4 Å². The van der Waals surface area contributed by atoms with Gasteiger partial charge in [-0.3, -0.25) is 4.79 Å². The van der Waals surface area contributed by atoms with Gasteiger partial charge in [0.1, 0.15) is 0 Å². The predicted molar refractivity (Wildman–Crippen MR) is 95.9 cm³/mol. The van der Waals surface area contributed by atoms with E-state index in [-0.39, 0.29) is 18.0 Å². The normalized spacial score (nSPS) is 19.3. The van der Waals surface area contributed by atoms with Gasteiger partial charge >= 0.3 is 0 Å². The van der Waals surface area contributed by atoms with Gasteiger partial charge in [-0.15, -0.1) is 0 Å². The lowest BCUT2D eigenvalue weighted by Gasteiger charge is -2.40. The molecule has 4 heteroatoms. The Hall–Kier alpha value is -2.80. The summed E-state index contributed by atoms with van der Waals surface area (Å²) in [6.45, 7) is 5.76. The lowest BCUT2D eigenvalue weighted by molar-refractivity contribution is -0.117. The lowest BCUT2D eigenvalue weighted by Crippen LogP contribution is -2.43. The summed E-state index contributed by atoms with van der Waals surface area (Å²) in [7, 11) is 0. The van der Waals surface area contributed by atoms with Crippen molar-refractivity contribution in [3.8, 4) is 6.07 Å². The number of nitrogens with zero attached hydrogens (tertiary/aromatic N) is 2. The zero-order valence-corrected chi connectivity index (χ0v) is 14.2. The highest BCUT2D eigenvalue weighted by Gasteiger charge is 2.33. The second kappa shape index (κ2) is 6.37. The van der Waals surface area contributed by atoms with Crippen molar-refractivity contribution in [3.63, 3.8) is 0 Å². The number of benzene rings is 2. The summed E-state index contributed by atoms with van der Waals surface area (Å²) in [4.78, 5) is 14.0. The maximum absolute atomic E-state index is 12.1. The standard InChI is InChI=1S/C20H21N3O/c1-13-5-4-6-18-19(11-14(2)23(15(3)24)20(13)18)22-17-9-7-16(12-21)8-10-17/h4-10,14,19,22H,11H2,1-3H3/t14-,19+/m0/s1. The first-order valence-electron chi connectivity index (χ1n) is 8.17. The van der Waals surface area contributed by atoms with E-state index in [0.29, 0.717) is 5.56 Å². The van der Waals surface area contributed by atoms with Gasteiger partial charge in [-0.2, -0.15) is 5.26 Å². The van der Waals surface area contributed by atoms with Crippen molar-refractivity contribution in [2.45, 2.75) is 39.3 Å². The first kappa shape index (κ1) is 16.1. The van der Waals surface area contributed by atoms with E-state index in [1.165, 1.54) is 0 Å². The Labute approximate surface area is 142 Å². The number of hydrogen-bond donors (Lipinski definition) is 1. The van der Waals surface area contributed by atoms with Gasteiger partial charge in [0.05, 0.1) is 23.4 Å². The molecule has 2 aromatic rings. The summed E-state index contributed by atoms with van der Waals surface area (Å²) >= 11 is 0. The summed E-state index contributed by atoms with van der Waals surface area (Å²) in [5, 5.41) is 12.5. The molecule has 1 amide bonds. The molecule has 1 heterocycles. The SMILES string of the molecule is CC(=O)N1c2c(C)cccc2[C@H](Nc2ccc(C#N)cc2)C[C@@H]1C. The van der Waals surface area contributed by atoms with E-state index < -0.39 is 0 Å². The van der Waals surface area contributed by atoms with Crippen LogP contribution in [0.5, 0.6) is 0 Å². The minimum Gasteiger partial charge on any atom is -0.378 e. The molecule has 2 aromatic carbocycles. The Morgan fingerprint density at radius 1 is 1.25 bits per heavy atom. The second-order valence-corrected chi connectivity index (χ2v) is 6.37. The number of carbonyl (C=O) groups excluding carboxylic acids is 1. The Bertz CT molecular complexity index is 805. The largest absolute Gasteiger partial charge is 0.378 e. The van der Waals surface area contributed by atoms with Crippen molar-refractivity contribution in [2.24, 2.45) is 0 Å². The van der Waals surface area contributed by atoms with Crippen LogP contribution in [0.3, 0.4) is 0 Å². The number of para-hydroxylation sites is 1. The molecule has 0 spiro atoms. The predicted octanol–water partition coefficient (Wildman–Crippen LogP) is 4.17. The van der Waals surface area contributed by atoms with Crippen molar-refractivity contribution in [1.82, 2.24) is 0 Å². The lowest BCUT2D eigenvalue weighted by atomic mass is 9.89.